The predicted molar refractivity (Wildman–Crippen MR) is 137 cm³/mol. The Morgan fingerprint density at radius 1 is 1.03 bits per heavy atom. The summed E-state index contributed by atoms with van der Waals surface area (Å²) in [5.74, 6) is 0.538. The highest BCUT2D eigenvalue weighted by Crippen LogP contribution is 2.46. The number of carbonyl (C=O) groups excluding carboxylic acids is 2. The van der Waals surface area contributed by atoms with Gasteiger partial charge >= 0.3 is 0 Å². The van der Waals surface area contributed by atoms with Gasteiger partial charge < -0.3 is 10.2 Å². The standard InChI is InChI=1S/C27H22N8O2/c36-16-34-10-7-27(8-11-34)20-13-19(4-6-22(20)30-26(27)37)24-29-14-23-25(31-24)35(33-32-23)15-17-3-5-21-18(12-17)2-1-9-28-21/h1-6,9,12-14,16H,7-8,10-11,15H2,(H,30,37). The minimum atomic E-state index is -0.636. The number of rotatable bonds is 4. The van der Waals surface area contributed by atoms with E-state index in [2.05, 4.69) is 31.7 Å². The number of hydrogen-bond acceptors (Lipinski definition) is 7. The number of fused-ring (bicyclic) bond motifs is 4. The van der Waals surface area contributed by atoms with Crippen molar-refractivity contribution in [3.05, 3.63) is 72.1 Å². The number of pyridine rings is 1. The van der Waals surface area contributed by atoms with Crippen LogP contribution in [0.15, 0.2) is 60.9 Å². The lowest BCUT2D eigenvalue weighted by atomic mass is 9.73. The molecule has 182 valence electrons. The van der Waals surface area contributed by atoms with Crippen LogP contribution in [0.2, 0.25) is 0 Å². The molecule has 1 saturated heterocycles. The maximum absolute atomic E-state index is 13.0. The summed E-state index contributed by atoms with van der Waals surface area (Å²) in [7, 11) is 0. The maximum Gasteiger partial charge on any atom is 0.235 e. The molecule has 3 aromatic heterocycles. The molecular weight excluding hydrogens is 468 g/mol. The third-order valence-electron chi connectivity index (χ3n) is 7.53. The highest BCUT2D eigenvalue weighted by Gasteiger charge is 2.48. The van der Waals surface area contributed by atoms with Crippen molar-refractivity contribution in [2.45, 2.75) is 24.8 Å². The number of carbonyl (C=O) groups is 2. The molecule has 0 saturated carbocycles. The van der Waals surface area contributed by atoms with Gasteiger partial charge in [-0.1, -0.05) is 17.3 Å². The van der Waals surface area contributed by atoms with Crippen LogP contribution in [-0.4, -0.2) is 60.3 Å². The van der Waals surface area contributed by atoms with E-state index in [0.29, 0.717) is 49.5 Å². The van der Waals surface area contributed by atoms with Crippen molar-refractivity contribution in [3.8, 4) is 11.4 Å². The molecule has 2 aliphatic heterocycles. The second-order valence-corrected chi connectivity index (χ2v) is 9.62. The van der Waals surface area contributed by atoms with Crippen molar-refractivity contribution in [2.75, 3.05) is 18.4 Å². The van der Waals surface area contributed by atoms with E-state index in [9.17, 15) is 9.59 Å². The topological polar surface area (TPSA) is 119 Å². The Balaban J connectivity index is 1.24. The van der Waals surface area contributed by atoms with Crippen LogP contribution in [0, 0.1) is 0 Å². The summed E-state index contributed by atoms with van der Waals surface area (Å²) >= 11 is 0. The van der Waals surface area contributed by atoms with Gasteiger partial charge in [-0.15, -0.1) is 5.10 Å². The smallest absolute Gasteiger partial charge is 0.235 e. The molecule has 0 unspecified atom stereocenters. The third-order valence-corrected chi connectivity index (χ3v) is 7.53. The minimum absolute atomic E-state index is 0.00516. The highest BCUT2D eigenvalue weighted by molar-refractivity contribution is 6.06. The van der Waals surface area contributed by atoms with E-state index in [1.165, 1.54) is 0 Å². The van der Waals surface area contributed by atoms with Gasteiger partial charge in [0, 0.05) is 35.9 Å². The molecule has 0 radical (unpaired) electrons. The summed E-state index contributed by atoms with van der Waals surface area (Å²) in [5, 5.41) is 12.7. The van der Waals surface area contributed by atoms with Crippen LogP contribution in [0.3, 0.4) is 0 Å². The van der Waals surface area contributed by atoms with Gasteiger partial charge in [-0.3, -0.25) is 14.6 Å². The Morgan fingerprint density at radius 2 is 1.92 bits per heavy atom. The van der Waals surface area contributed by atoms with E-state index >= 15 is 0 Å². The molecule has 5 heterocycles. The monoisotopic (exact) mass is 490 g/mol. The average Bonchev–Trinajstić information content (AvgIpc) is 3.46. The van der Waals surface area contributed by atoms with E-state index in [-0.39, 0.29) is 5.91 Å². The zero-order valence-corrected chi connectivity index (χ0v) is 19.8. The van der Waals surface area contributed by atoms with Gasteiger partial charge in [-0.25, -0.2) is 14.6 Å². The quantitative estimate of drug-likeness (QED) is 0.385. The fourth-order valence-electron chi connectivity index (χ4n) is 5.47. The lowest BCUT2D eigenvalue weighted by Crippen LogP contribution is -2.45. The van der Waals surface area contributed by atoms with Gasteiger partial charge in [-0.2, -0.15) is 0 Å². The van der Waals surface area contributed by atoms with Crippen LogP contribution < -0.4 is 5.32 Å². The first-order valence-corrected chi connectivity index (χ1v) is 12.2. The highest BCUT2D eigenvalue weighted by atomic mass is 16.2. The first kappa shape index (κ1) is 21.5. The average molecular weight is 491 g/mol. The van der Waals surface area contributed by atoms with Crippen LogP contribution >= 0.6 is 0 Å². The SMILES string of the molecule is O=CN1CCC2(CC1)C(=O)Nc1ccc(-c3ncc4nnn(Cc5ccc6ncccc6c5)c4n3)cc12. The molecule has 0 bridgehead atoms. The Hall–Kier alpha value is -4.73. The van der Waals surface area contributed by atoms with E-state index in [0.717, 1.165) is 39.7 Å². The lowest BCUT2D eigenvalue weighted by molar-refractivity contribution is -0.126. The van der Waals surface area contributed by atoms with Crippen LogP contribution in [-0.2, 0) is 21.5 Å². The summed E-state index contributed by atoms with van der Waals surface area (Å²) in [6.45, 7) is 1.62. The van der Waals surface area contributed by atoms with Crippen molar-refractivity contribution >= 4 is 40.1 Å². The van der Waals surface area contributed by atoms with E-state index in [1.54, 1.807) is 22.0 Å². The summed E-state index contributed by atoms with van der Waals surface area (Å²) in [5.41, 5.74) is 5.20. The summed E-state index contributed by atoms with van der Waals surface area (Å²) in [4.78, 5) is 39.7. The van der Waals surface area contributed by atoms with E-state index in [1.807, 2.05) is 42.5 Å². The number of amides is 2. The number of nitrogens with one attached hydrogen (secondary N) is 1. The molecule has 1 spiro atoms. The molecule has 2 aromatic carbocycles. The Kier molecular flexibility index (Phi) is 4.75. The Bertz CT molecular complexity index is 1700. The largest absolute Gasteiger partial charge is 0.345 e. The van der Waals surface area contributed by atoms with E-state index < -0.39 is 5.41 Å². The Labute approximate surface area is 211 Å². The zero-order valence-electron chi connectivity index (χ0n) is 19.8. The number of benzene rings is 2. The van der Waals surface area contributed by atoms with Crippen molar-refractivity contribution < 1.29 is 9.59 Å². The number of hydrogen-bond donors (Lipinski definition) is 1. The van der Waals surface area contributed by atoms with Gasteiger partial charge in [0.2, 0.25) is 12.3 Å². The lowest BCUT2D eigenvalue weighted by Gasteiger charge is -2.36. The number of aromatic nitrogens is 6. The normalized spacial score (nSPS) is 16.3. The van der Waals surface area contributed by atoms with Gasteiger partial charge in [0.05, 0.1) is 23.7 Å². The van der Waals surface area contributed by atoms with Crippen LogP contribution in [0.1, 0.15) is 24.0 Å². The van der Waals surface area contributed by atoms with Crippen LogP contribution in [0.5, 0.6) is 0 Å². The molecule has 37 heavy (non-hydrogen) atoms. The van der Waals surface area contributed by atoms with Crippen LogP contribution in [0.25, 0.3) is 33.5 Å². The van der Waals surface area contributed by atoms with Gasteiger partial charge in [0.15, 0.2) is 17.0 Å². The van der Waals surface area contributed by atoms with Crippen molar-refractivity contribution in [3.63, 3.8) is 0 Å². The van der Waals surface area contributed by atoms with Gasteiger partial charge in [0.25, 0.3) is 0 Å². The van der Waals surface area contributed by atoms with Gasteiger partial charge in [-0.05, 0) is 60.4 Å². The second kappa shape index (κ2) is 8.16. The Morgan fingerprint density at radius 3 is 2.78 bits per heavy atom. The first-order chi connectivity index (χ1) is 18.1. The number of likely N-dealkylation sites (tertiary alicyclic amines) is 1. The third kappa shape index (κ3) is 3.44. The molecule has 0 atom stereocenters. The van der Waals surface area contributed by atoms with Crippen molar-refractivity contribution in [2.24, 2.45) is 0 Å². The molecule has 10 nitrogen and oxygen atoms in total. The van der Waals surface area contributed by atoms with E-state index in [4.69, 9.17) is 4.98 Å². The summed E-state index contributed by atoms with van der Waals surface area (Å²) < 4.78 is 1.77. The molecule has 2 aliphatic rings. The molecular formula is C27H22N8O2. The number of piperidine rings is 1. The zero-order chi connectivity index (χ0) is 25.0. The molecule has 0 aliphatic carbocycles. The molecule has 7 rings (SSSR count). The van der Waals surface area contributed by atoms with Crippen LogP contribution in [0.4, 0.5) is 5.69 Å². The molecule has 5 aromatic rings. The summed E-state index contributed by atoms with van der Waals surface area (Å²) in [6.07, 6.45) is 5.50. The fraction of sp³-hybridized carbons (Fsp3) is 0.222. The van der Waals surface area contributed by atoms with Crippen molar-refractivity contribution in [1.82, 2.24) is 34.8 Å². The van der Waals surface area contributed by atoms with Crippen molar-refractivity contribution in [1.29, 1.82) is 0 Å². The minimum Gasteiger partial charge on any atom is -0.345 e. The molecule has 2 amide bonds. The molecule has 1 N–H and O–H groups in total. The number of nitrogens with zero attached hydrogens (tertiary/aromatic N) is 7. The maximum atomic E-state index is 13.0. The first-order valence-electron chi connectivity index (χ1n) is 12.2. The van der Waals surface area contributed by atoms with Gasteiger partial charge in [0.1, 0.15) is 0 Å². The molecule has 10 heteroatoms. The fourth-order valence-corrected chi connectivity index (χ4v) is 5.47. The number of anilines is 1. The second-order valence-electron chi connectivity index (χ2n) is 9.62. The summed E-state index contributed by atoms with van der Waals surface area (Å²) in [6, 6.07) is 15.9. The molecule has 1 fully saturated rings. The predicted octanol–water partition coefficient (Wildman–Crippen LogP) is 2.93.